The highest BCUT2D eigenvalue weighted by Gasteiger charge is 2.33. The summed E-state index contributed by atoms with van der Waals surface area (Å²) in [5, 5.41) is 0. The number of hydrogen-bond acceptors (Lipinski definition) is 2. The van der Waals surface area contributed by atoms with E-state index in [2.05, 4.69) is 0 Å². The lowest BCUT2D eigenvalue weighted by atomic mass is 10.1. The smallest absolute Gasteiger partial charge is 0.366 e. The number of carbonyl (C=O) groups is 2. The van der Waals surface area contributed by atoms with E-state index in [0.717, 1.165) is 12.1 Å². The van der Waals surface area contributed by atoms with Crippen molar-refractivity contribution in [3.63, 3.8) is 0 Å². The topological polar surface area (TPSA) is 63.4 Å². The molecule has 1 aliphatic heterocycles. The number of benzene rings is 1. The first-order valence-electron chi connectivity index (χ1n) is 5.62. The number of carbonyl (C=O) groups excluding carboxylic acids is 2. The van der Waals surface area contributed by atoms with E-state index in [1.54, 1.807) is 0 Å². The van der Waals surface area contributed by atoms with Crippen molar-refractivity contribution in [1.29, 1.82) is 0 Å². The van der Waals surface area contributed by atoms with Crippen LogP contribution in [0.1, 0.15) is 28.8 Å². The molecule has 2 amide bonds. The molecule has 4 nitrogen and oxygen atoms in total. The van der Waals surface area contributed by atoms with Gasteiger partial charge in [-0.2, -0.15) is 13.2 Å². The van der Waals surface area contributed by atoms with Crippen LogP contribution in [0.2, 0.25) is 0 Å². The average molecular weight is 272 g/mol. The van der Waals surface area contributed by atoms with Gasteiger partial charge in [-0.1, -0.05) is 0 Å². The Morgan fingerprint density at radius 1 is 1.32 bits per heavy atom. The van der Waals surface area contributed by atoms with Crippen LogP contribution in [0, 0.1) is 0 Å². The lowest BCUT2D eigenvalue weighted by Crippen LogP contribution is -2.27. The zero-order valence-corrected chi connectivity index (χ0v) is 9.83. The fourth-order valence-corrected chi connectivity index (χ4v) is 2.05. The zero-order valence-electron chi connectivity index (χ0n) is 9.83. The number of nitrogens with zero attached hydrogens (tertiary/aromatic N) is 1. The molecule has 0 radical (unpaired) electrons. The normalized spacial score (nSPS) is 15.9. The molecule has 1 aromatic carbocycles. The van der Waals surface area contributed by atoms with Gasteiger partial charge in [-0.3, -0.25) is 9.59 Å². The summed E-state index contributed by atoms with van der Waals surface area (Å²) in [5.74, 6) is -1.21. The van der Waals surface area contributed by atoms with Crippen molar-refractivity contribution in [3.05, 3.63) is 29.3 Å². The molecule has 0 atom stereocenters. The number of nitrogens with two attached hydrogens (primary N) is 1. The van der Waals surface area contributed by atoms with Gasteiger partial charge in [0.2, 0.25) is 5.91 Å². The van der Waals surface area contributed by atoms with Crippen LogP contribution in [-0.2, 0) is 11.0 Å². The van der Waals surface area contributed by atoms with Crippen LogP contribution in [0.15, 0.2) is 18.2 Å². The highest BCUT2D eigenvalue weighted by atomic mass is 19.4. The molecule has 0 spiro atoms. The highest BCUT2D eigenvalue weighted by Crippen LogP contribution is 2.33. The molecule has 0 aromatic heterocycles. The second kappa shape index (κ2) is 4.56. The lowest BCUT2D eigenvalue weighted by Gasteiger charge is -2.19. The molecule has 7 heteroatoms. The fourth-order valence-electron chi connectivity index (χ4n) is 2.05. The lowest BCUT2D eigenvalue weighted by molar-refractivity contribution is -0.137. The van der Waals surface area contributed by atoms with Crippen molar-refractivity contribution >= 4 is 17.5 Å². The maximum Gasteiger partial charge on any atom is 0.416 e. The maximum absolute atomic E-state index is 12.6. The Hall–Kier alpha value is -2.05. The number of anilines is 1. The molecule has 1 fully saturated rings. The zero-order chi connectivity index (χ0) is 14.2. The van der Waals surface area contributed by atoms with Crippen LogP contribution >= 0.6 is 0 Å². The summed E-state index contributed by atoms with van der Waals surface area (Å²) >= 11 is 0. The largest absolute Gasteiger partial charge is 0.416 e. The van der Waals surface area contributed by atoms with Crippen LogP contribution in [0.3, 0.4) is 0 Å². The molecule has 19 heavy (non-hydrogen) atoms. The van der Waals surface area contributed by atoms with Crippen molar-refractivity contribution in [3.8, 4) is 0 Å². The van der Waals surface area contributed by atoms with Crippen LogP contribution in [0.25, 0.3) is 0 Å². The number of halogens is 3. The summed E-state index contributed by atoms with van der Waals surface area (Å²) in [4.78, 5) is 24.2. The minimum absolute atomic E-state index is 0.142. The van der Waals surface area contributed by atoms with Gasteiger partial charge in [-0.05, 0) is 24.6 Å². The summed E-state index contributed by atoms with van der Waals surface area (Å²) in [7, 11) is 0. The predicted octanol–water partition coefficient (Wildman–Crippen LogP) is 1.93. The molecule has 1 aromatic rings. The molecule has 0 saturated carbocycles. The fraction of sp³-hybridized carbons (Fsp3) is 0.333. The monoisotopic (exact) mass is 272 g/mol. The molecule has 2 rings (SSSR count). The number of primary amides is 1. The number of hydrogen-bond donors (Lipinski definition) is 1. The Balaban J connectivity index is 2.50. The van der Waals surface area contributed by atoms with Crippen LogP contribution in [-0.4, -0.2) is 18.4 Å². The van der Waals surface area contributed by atoms with Crippen molar-refractivity contribution < 1.29 is 22.8 Å². The standard InChI is InChI=1S/C12H11F3N2O2/c13-12(14,15)7-3-4-9(8(6-7)11(16)19)17-5-1-2-10(17)18/h3-4,6H,1-2,5H2,(H2,16,19). The molecule has 0 aliphatic carbocycles. The number of alkyl halides is 3. The first-order valence-corrected chi connectivity index (χ1v) is 5.62. The summed E-state index contributed by atoms with van der Waals surface area (Å²) < 4.78 is 37.8. The first kappa shape index (κ1) is 13.4. The molecule has 102 valence electrons. The molecular weight excluding hydrogens is 261 g/mol. The van der Waals surface area contributed by atoms with E-state index < -0.39 is 17.6 Å². The average Bonchev–Trinajstić information content (AvgIpc) is 2.73. The van der Waals surface area contributed by atoms with Crippen molar-refractivity contribution in [2.45, 2.75) is 19.0 Å². The van der Waals surface area contributed by atoms with Crippen molar-refractivity contribution in [2.24, 2.45) is 5.73 Å². The molecular formula is C12H11F3N2O2. The van der Waals surface area contributed by atoms with Gasteiger partial charge >= 0.3 is 6.18 Å². The first-order chi connectivity index (χ1) is 8.80. The maximum atomic E-state index is 12.6. The van der Waals surface area contributed by atoms with Crippen LogP contribution < -0.4 is 10.6 Å². The second-order valence-corrected chi connectivity index (χ2v) is 4.24. The van der Waals surface area contributed by atoms with E-state index in [-0.39, 0.29) is 17.2 Å². The van der Waals surface area contributed by atoms with Crippen LogP contribution in [0.5, 0.6) is 0 Å². The third-order valence-electron chi connectivity index (χ3n) is 2.95. The minimum Gasteiger partial charge on any atom is -0.366 e. The van der Waals surface area contributed by atoms with Gasteiger partial charge in [0.15, 0.2) is 0 Å². The second-order valence-electron chi connectivity index (χ2n) is 4.24. The van der Waals surface area contributed by atoms with E-state index in [1.807, 2.05) is 0 Å². The van der Waals surface area contributed by atoms with Crippen molar-refractivity contribution in [1.82, 2.24) is 0 Å². The third-order valence-corrected chi connectivity index (χ3v) is 2.95. The van der Waals surface area contributed by atoms with Gasteiger partial charge in [0.25, 0.3) is 5.91 Å². The molecule has 0 bridgehead atoms. The van der Waals surface area contributed by atoms with E-state index in [9.17, 15) is 22.8 Å². The molecule has 0 unspecified atom stereocenters. The Morgan fingerprint density at radius 3 is 2.47 bits per heavy atom. The number of amides is 2. The van der Waals surface area contributed by atoms with Gasteiger partial charge in [0, 0.05) is 13.0 Å². The van der Waals surface area contributed by atoms with Gasteiger partial charge in [0.05, 0.1) is 16.8 Å². The van der Waals surface area contributed by atoms with Crippen LogP contribution in [0.4, 0.5) is 18.9 Å². The Morgan fingerprint density at radius 2 is 2.00 bits per heavy atom. The minimum atomic E-state index is -4.56. The Kier molecular flexibility index (Phi) is 3.21. The molecule has 1 heterocycles. The van der Waals surface area contributed by atoms with Gasteiger partial charge < -0.3 is 10.6 Å². The van der Waals surface area contributed by atoms with E-state index in [0.29, 0.717) is 25.5 Å². The molecule has 1 saturated heterocycles. The summed E-state index contributed by atoms with van der Waals surface area (Å²) in [6, 6.07) is 2.64. The van der Waals surface area contributed by atoms with E-state index in [4.69, 9.17) is 5.73 Å². The Bertz CT molecular complexity index is 540. The quantitative estimate of drug-likeness (QED) is 0.894. The summed E-state index contributed by atoms with van der Waals surface area (Å²) in [6.45, 7) is 0.379. The Labute approximate surface area is 107 Å². The molecule has 1 aliphatic rings. The van der Waals surface area contributed by atoms with Gasteiger partial charge in [-0.25, -0.2) is 0 Å². The summed E-state index contributed by atoms with van der Waals surface area (Å²) in [6.07, 6.45) is -3.63. The van der Waals surface area contributed by atoms with Crippen molar-refractivity contribution in [2.75, 3.05) is 11.4 Å². The van der Waals surface area contributed by atoms with Gasteiger partial charge in [0.1, 0.15) is 0 Å². The van der Waals surface area contributed by atoms with E-state index >= 15 is 0 Å². The number of rotatable bonds is 2. The predicted molar refractivity (Wildman–Crippen MR) is 61.5 cm³/mol. The SMILES string of the molecule is NC(=O)c1cc(C(F)(F)F)ccc1N1CCCC1=O. The third kappa shape index (κ3) is 2.54. The highest BCUT2D eigenvalue weighted by molar-refractivity contribution is 6.05. The van der Waals surface area contributed by atoms with Gasteiger partial charge in [-0.15, -0.1) is 0 Å². The summed E-state index contributed by atoms with van der Waals surface area (Å²) in [5.41, 5.74) is 3.99. The van der Waals surface area contributed by atoms with E-state index in [1.165, 1.54) is 4.90 Å². The molecule has 2 N–H and O–H groups in total.